The number of hydrogen-bond donors (Lipinski definition) is 3. The van der Waals surface area contributed by atoms with Crippen LogP contribution in [-0.4, -0.2) is 96.7 Å². The molecule has 0 rings (SSSR count). The molecule has 3 N–H and O–H groups in total. The second kappa shape index (κ2) is 73.8. The van der Waals surface area contributed by atoms with Crippen molar-refractivity contribution in [2.45, 2.75) is 425 Å². The van der Waals surface area contributed by atoms with Crippen molar-refractivity contribution in [1.82, 2.24) is 0 Å². The van der Waals surface area contributed by atoms with Gasteiger partial charge in [-0.25, -0.2) is 9.13 Å². The summed E-state index contributed by atoms with van der Waals surface area (Å²) in [6.07, 6.45) is 68.8. The van der Waals surface area contributed by atoms with E-state index in [0.717, 1.165) is 109 Å². The number of aliphatic hydroxyl groups is 1. The molecule has 0 heterocycles. The van der Waals surface area contributed by atoms with Crippen LogP contribution in [0.25, 0.3) is 0 Å². The van der Waals surface area contributed by atoms with E-state index in [9.17, 15) is 43.2 Å². The minimum absolute atomic E-state index is 0.102. The molecule has 19 heteroatoms. The molecule has 0 aliphatic carbocycles. The zero-order valence-electron chi connectivity index (χ0n) is 64.0. The Balaban J connectivity index is 5.24. The summed E-state index contributed by atoms with van der Waals surface area (Å²) in [6.45, 7) is 4.94. The first kappa shape index (κ1) is 96.5. The molecule has 584 valence electrons. The van der Waals surface area contributed by atoms with Gasteiger partial charge in [-0.2, -0.15) is 0 Å². The SMILES string of the molecule is CCCCCC/C=C\C=C/CCCCCCCC(=O)OC[C@H](COP(=O)(O)OC[C@@H](O)COP(=O)(O)OC[C@@H](COC(=O)CCCCCCCCCCCC)OC(=O)CCCCCCCCCCCCCCC)OC(=O)CCCCCCCCCCCCCCCCCCCCCCC. The van der Waals surface area contributed by atoms with E-state index in [1.165, 1.54) is 218 Å². The van der Waals surface area contributed by atoms with Gasteiger partial charge in [0.05, 0.1) is 26.4 Å². The summed E-state index contributed by atoms with van der Waals surface area (Å²) >= 11 is 0. The second-order valence-electron chi connectivity index (χ2n) is 28.1. The first-order chi connectivity index (χ1) is 48.2. The highest BCUT2D eigenvalue weighted by Crippen LogP contribution is 2.45. The van der Waals surface area contributed by atoms with Crippen LogP contribution in [0.1, 0.15) is 407 Å². The fourth-order valence-corrected chi connectivity index (χ4v) is 13.5. The molecule has 0 spiro atoms. The van der Waals surface area contributed by atoms with Crippen molar-refractivity contribution in [3.8, 4) is 0 Å². The van der Waals surface area contributed by atoms with Crippen LogP contribution in [0.4, 0.5) is 0 Å². The summed E-state index contributed by atoms with van der Waals surface area (Å²) in [5.41, 5.74) is 0. The molecule has 0 saturated heterocycles. The molecule has 0 aliphatic rings. The van der Waals surface area contributed by atoms with Crippen LogP contribution in [-0.2, 0) is 65.4 Å². The van der Waals surface area contributed by atoms with Crippen LogP contribution < -0.4 is 0 Å². The topological polar surface area (TPSA) is 237 Å². The lowest BCUT2D eigenvalue weighted by molar-refractivity contribution is -0.161. The highest BCUT2D eigenvalue weighted by molar-refractivity contribution is 7.47. The fraction of sp³-hybridized carbons (Fsp3) is 0.900. The number of carbonyl (C=O) groups excluding carboxylic acids is 4. The van der Waals surface area contributed by atoms with E-state index in [-0.39, 0.29) is 25.7 Å². The van der Waals surface area contributed by atoms with Crippen molar-refractivity contribution < 1.29 is 80.2 Å². The molecule has 0 aliphatic heterocycles. The number of rotatable bonds is 79. The number of esters is 4. The van der Waals surface area contributed by atoms with Crippen LogP contribution in [0.2, 0.25) is 0 Å². The Kier molecular flexibility index (Phi) is 72.0. The maximum Gasteiger partial charge on any atom is 0.472 e. The number of phosphoric acid groups is 2. The summed E-state index contributed by atoms with van der Waals surface area (Å²) in [5, 5.41) is 10.6. The van der Waals surface area contributed by atoms with Crippen molar-refractivity contribution in [2.75, 3.05) is 39.6 Å². The van der Waals surface area contributed by atoms with Gasteiger partial charge in [-0.05, 0) is 51.4 Å². The van der Waals surface area contributed by atoms with Gasteiger partial charge in [-0.1, -0.05) is 354 Å². The molecule has 0 fully saturated rings. The molecule has 17 nitrogen and oxygen atoms in total. The number of carbonyl (C=O) groups is 4. The van der Waals surface area contributed by atoms with Crippen molar-refractivity contribution in [2.24, 2.45) is 0 Å². The minimum Gasteiger partial charge on any atom is -0.462 e. The van der Waals surface area contributed by atoms with Crippen LogP contribution in [0, 0.1) is 0 Å². The predicted molar refractivity (Wildman–Crippen MR) is 405 cm³/mol. The quantitative estimate of drug-likeness (QED) is 0.0169. The van der Waals surface area contributed by atoms with Crippen LogP contribution in [0.3, 0.4) is 0 Å². The lowest BCUT2D eigenvalue weighted by Crippen LogP contribution is -2.30. The zero-order valence-corrected chi connectivity index (χ0v) is 65.7. The van der Waals surface area contributed by atoms with Crippen molar-refractivity contribution in [3.63, 3.8) is 0 Å². The molecule has 99 heavy (non-hydrogen) atoms. The van der Waals surface area contributed by atoms with Gasteiger partial charge in [-0.3, -0.25) is 37.3 Å². The summed E-state index contributed by atoms with van der Waals surface area (Å²) in [7, 11) is -9.92. The standard InChI is InChI=1S/C80H152O17P2/c1-5-9-13-17-21-25-29-32-34-35-36-37-38-39-41-44-47-51-55-59-63-67-80(85)97-76(71-91-78(83)65-61-57-53-49-45-43-40-33-30-26-22-18-14-10-6-2)73-95-99(88,89)93-69-74(81)68-92-98(86,87)94-72-75(70-90-77(82)64-60-56-52-48-28-24-20-16-12-8-4)96-79(84)66-62-58-54-50-46-42-31-27-23-19-15-11-7-3/h26,30,33,40,74-76,81H,5-25,27-29,31-32,34-39,41-73H2,1-4H3,(H,86,87)(H,88,89)/b30-26-,40-33-/t74-,75+,76+/m0/s1. The summed E-state index contributed by atoms with van der Waals surface area (Å²) in [5.74, 6) is -2.14. The van der Waals surface area contributed by atoms with Gasteiger partial charge in [0.2, 0.25) is 0 Å². The molecular formula is C80H152O17P2. The van der Waals surface area contributed by atoms with Gasteiger partial charge in [0.1, 0.15) is 19.3 Å². The first-order valence-electron chi connectivity index (χ1n) is 41.1. The second-order valence-corrected chi connectivity index (χ2v) is 31.0. The van der Waals surface area contributed by atoms with E-state index in [1.54, 1.807) is 0 Å². The highest BCUT2D eigenvalue weighted by Gasteiger charge is 2.30. The highest BCUT2D eigenvalue weighted by atomic mass is 31.2. The maximum atomic E-state index is 13.1. The Morgan fingerprint density at radius 1 is 0.283 bits per heavy atom. The van der Waals surface area contributed by atoms with Gasteiger partial charge >= 0.3 is 39.5 Å². The Labute approximate surface area is 605 Å². The normalized spacial score (nSPS) is 14.0. The molecule has 5 atom stereocenters. The average Bonchev–Trinajstić information content (AvgIpc) is 1.07. The molecular weight excluding hydrogens is 1290 g/mol. The van der Waals surface area contributed by atoms with Crippen molar-refractivity contribution >= 4 is 39.5 Å². The summed E-state index contributed by atoms with van der Waals surface area (Å²) in [4.78, 5) is 72.9. The van der Waals surface area contributed by atoms with E-state index < -0.39 is 97.5 Å². The van der Waals surface area contributed by atoms with Gasteiger partial charge in [-0.15, -0.1) is 0 Å². The molecule has 0 radical (unpaired) electrons. The van der Waals surface area contributed by atoms with E-state index in [2.05, 4.69) is 52.0 Å². The smallest absolute Gasteiger partial charge is 0.462 e. The van der Waals surface area contributed by atoms with Crippen LogP contribution in [0.5, 0.6) is 0 Å². The number of ether oxygens (including phenoxy) is 4. The van der Waals surface area contributed by atoms with Crippen molar-refractivity contribution in [3.05, 3.63) is 24.3 Å². The Morgan fingerprint density at radius 3 is 0.737 bits per heavy atom. The monoisotopic (exact) mass is 1450 g/mol. The van der Waals surface area contributed by atoms with Gasteiger partial charge < -0.3 is 33.8 Å². The maximum absolute atomic E-state index is 13.1. The molecule has 0 aromatic heterocycles. The van der Waals surface area contributed by atoms with E-state index in [1.807, 2.05) is 0 Å². The van der Waals surface area contributed by atoms with E-state index in [0.29, 0.717) is 25.7 Å². The van der Waals surface area contributed by atoms with Crippen molar-refractivity contribution in [1.29, 1.82) is 0 Å². The number of phosphoric ester groups is 2. The number of unbranched alkanes of at least 4 members (excludes halogenated alkanes) is 50. The third kappa shape index (κ3) is 73.6. The van der Waals surface area contributed by atoms with Gasteiger partial charge in [0, 0.05) is 25.7 Å². The number of aliphatic hydroxyl groups excluding tert-OH is 1. The molecule has 0 aromatic rings. The van der Waals surface area contributed by atoms with Gasteiger partial charge in [0.25, 0.3) is 0 Å². The lowest BCUT2D eigenvalue weighted by atomic mass is 10.0. The lowest BCUT2D eigenvalue weighted by Gasteiger charge is -2.21. The molecule has 0 aromatic carbocycles. The largest absolute Gasteiger partial charge is 0.472 e. The Bertz CT molecular complexity index is 1970. The summed E-state index contributed by atoms with van der Waals surface area (Å²) < 4.78 is 68.6. The average molecular weight is 1450 g/mol. The predicted octanol–water partition coefficient (Wildman–Crippen LogP) is 23.7. The fourth-order valence-electron chi connectivity index (χ4n) is 11.9. The third-order valence-corrected chi connectivity index (χ3v) is 20.1. The molecule has 2 unspecified atom stereocenters. The van der Waals surface area contributed by atoms with Crippen LogP contribution >= 0.6 is 15.6 Å². The minimum atomic E-state index is -4.97. The van der Waals surface area contributed by atoms with E-state index >= 15 is 0 Å². The zero-order chi connectivity index (χ0) is 72.5. The van der Waals surface area contributed by atoms with E-state index in [4.69, 9.17) is 37.0 Å². The Morgan fingerprint density at radius 2 is 0.485 bits per heavy atom. The summed E-state index contributed by atoms with van der Waals surface area (Å²) in [6, 6.07) is 0. The number of allylic oxidation sites excluding steroid dienone is 4. The van der Waals surface area contributed by atoms with Gasteiger partial charge in [0.15, 0.2) is 12.2 Å². The molecule has 0 bridgehead atoms. The van der Waals surface area contributed by atoms with Crippen LogP contribution in [0.15, 0.2) is 24.3 Å². The molecule has 0 amide bonds. The molecule has 0 saturated carbocycles. The first-order valence-corrected chi connectivity index (χ1v) is 44.1. The number of hydrogen-bond acceptors (Lipinski definition) is 15. The third-order valence-electron chi connectivity index (χ3n) is 18.2. The Hall–Kier alpha value is -2.46.